The lowest BCUT2D eigenvalue weighted by atomic mass is 9.92. The van der Waals surface area contributed by atoms with Crippen LogP contribution in [0, 0.1) is 13.3 Å². The van der Waals surface area contributed by atoms with Crippen LogP contribution in [0.25, 0.3) is 0 Å². The highest BCUT2D eigenvalue weighted by molar-refractivity contribution is 9.10. The molecule has 1 radical (unpaired) electrons. The van der Waals surface area contributed by atoms with Crippen molar-refractivity contribution in [1.29, 1.82) is 0 Å². The van der Waals surface area contributed by atoms with Crippen LogP contribution in [0.1, 0.15) is 30.0 Å². The first-order valence-corrected chi connectivity index (χ1v) is 8.15. The van der Waals surface area contributed by atoms with Crippen molar-refractivity contribution in [3.05, 3.63) is 57.6 Å². The molecule has 1 unspecified atom stereocenters. The molecule has 3 nitrogen and oxygen atoms in total. The quantitative estimate of drug-likeness (QED) is 0.769. The van der Waals surface area contributed by atoms with E-state index in [0.717, 1.165) is 40.4 Å². The minimum Gasteiger partial charge on any atom is -0.334 e. The van der Waals surface area contributed by atoms with Crippen LogP contribution in [0.3, 0.4) is 0 Å². The third-order valence-electron chi connectivity index (χ3n) is 3.89. The minimum atomic E-state index is 0.242. The van der Waals surface area contributed by atoms with Crippen molar-refractivity contribution < 1.29 is 0 Å². The molecule has 5 heteroatoms. The lowest BCUT2D eigenvalue weighted by molar-refractivity contribution is 0.534. The van der Waals surface area contributed by atoms with E-state index in [1.807, 2.05) is 12.1 Å². The maximum atomic E-state index is 6.39. The van der Waals surface area contributed by atoms with E-state index in [1.165, 1.54) is 5.56 Å². The third-order valence-corrected chi connectivity index (χ3v) is 5.27. The van der Waals surface area contributed by atoms with Crippen molar-refractivity contribution in [2.24, 2.45) is 0 Å². The van der Waals surface area contributed by atoms with Gasteiger partial charge in [0.1, 0.15) is 0 Å². The van der Waals surface area contributed by atoms with Crippen molar-refractivity contribution in [2.75, 3.05) is 11.4 Å². The summed E-state index contributed by atoms with van der Waals surface area (Å²) < 4.78 is 0.938. The van der Waals surface area contributed by atoms with Crippen LogP contribution in [0.2, 0.25) is 5.02 Å². The molecule has 1 aliphatic heterocycles. The molecular formula is C16H16BrClN3. The highest BCUT2D eigenvalue weighted by atomic mass is 79.9. The molecule has 0 N–H and O–H groups in total. The van der Waals surface area contributed by atoms with Crippen LogP contribution < -0.4 is 4.90 Å². The summed E-state index contributed by atoms with van der Waals surface area (Å²) in [5, 5.41) is 0.784. The molecule has 0 amide bonds. The standard InChI is InChI=1S/C16H16BrClN3/c1-11-12(6-7-13(17)15(11)18)14-5-2-3-10-21(14)16-19-8-4-9-20-16/h2,4,6-9,14H,3,5,10H2,1H3. The average molecular weight is 366 g/mol. The van der Waals surface area contributed by atoms with Crippen LogP contribution in [0.4, 0.5) is 5.95 Å². The van der Waals surface area contributed by atoms with Gasteiger partial charge in [-0.2, -0.15) is 0 Å². The Hall–Kier alpha value is -1.13. The van der Waals surface area contributed by atoms with E-state index in [-0.39, 0.29) is 6.04 Å². The van der Waals surface area contributed by atoms with Gasteiger partial charge in [-0.1, -0.05) is 17.7 Å². The molecule has 0 saturated carbocycles. The second-order valence-corrected chi connectivity index (χ2v) is 6.38. The summed E-state index contributed by atoms with van der Waals surface area (Å²) >= 11 is 9.88. The molecular weight excluding hydrogens is 350 g/mol. The minimum absolute atomic E-state index is 0.242. The fourth-order valence-electron chi connectivity index (χ4n) is 2.79. The van der Waals surface area contributed by atoms with Gasteiger partial charge in [0.05, 0.1) is 11.1 Å². The second kappa shape index (κ2) is 6.32. The third kappa shape index (κ3) is 2.92. The fourth-order valence-corrected chi connectivity index (χ4v) is 3.39. The van der Waals surface area contributed by atoms with E-state index >= 15 is 0 Å². The molecule has 1 atom stereocenters. The number of nitrogens with zero attached hydrogens (tertiary/aromatic N) is 3. The fraction of sp³-hybridized carbons (Fsp3) is 0.312. The van der Waals surface area contributed by atoms with Crippen molar-refractivity contribution in [2.45, 2.75) is 25.8 Å². The molecule has 2 heterocycles. The van der Waals surface area contributed by atoms with Crippen molar-refractivity contribution in [1.82, 2.24) is 9.97 Å². The van der Waals surface area contributed by atoms with Crippen LogP contribution >= 0.6 is 27.5 Å². The Bertz CT molecular complexity index is 633. The van der Waals surface area contributed by atoms with E-state index in [4.69, 9.17) is 11.6 Å². The van der Waals surface area contributed by atoms with Gasteiger partial charge in [0.2, 0.25) is 5.95 Å². The molecule has 1 saturated heterocycles. The molecule has 2 aromatic rings. The van der Waals surface area contributed by atoms with Crippen LogP contribution in [-0.2, 0) is 0 Å². The molecule has 1 aromatic carbocycles. The normalized spacial score (nSPS) is 18.8. The van der Waals surface area contributed by atoms with E-state index < -0.39 is 0 Å². The summed E-state index contributed by atoms with van der Waals surface area (Å²) in [6, 6.07) is 6.25. The summed E-state index contributed by atoms with van der Waals surface area (Å²) in [6.07, 6.45) is 7.95. The number of benzene rings is 1. The smallest absolute Gasteiger partial charge is 0.225 e. The molecule has 0 bridgehead atoms. The summed E-state index contributed by atoms with van der Waals surface area (Å²) in [6.45, 7) is 3.00. The Morgan fingerprint density at radius 1 is 1.29 bits per heavy atom. The average Bonchev–Trinajstić information content (AvgIpc) is 2.54. The van der Waals surface area contributed by atoms with Gasteiger partial charge in [0.15, 0.2) is 0 Å². The van der Waals surface area contributed by atoms with Gasteiger partial charge >= 0.3 is 0 Å². The SMILES string of the molecule is Cc1c(C2C[CH]CCN2c2ncccn2)ccc(Br)c1Cl. The van der Waals surface area contributed by atoms with Gasteiger partial charge in [-0.15, -0.1) is 0 Å². The first kappa shape index (κ1) is 14.8. The van der Waals surface area contributed by atoms with Gasteiger partial charge in [-0.05, 0) is 65.4 Å². The predicted molar refractivity (Wildman–Crippen MR) is 89.5 cm³/mol. The Kier molecular flexibility index (Phi) is 4.45. The summed E-state index contributed by atoms with van der Waals surface area (Å²) in [7, 11) is 0. The van der Waals surface area contributed by atoms with Gasteiger partial charge in [0, 0.05) is 23.4 Å². The topological polar surface area (TPSA) is 29.0 Å². The number of rotatable bonds is 2. The Labute approximate surface area is 138 Å². The first-order chi connectivity index (χ1) is 10.2. The maximum absolute atomic E-state index is 6.39. The summed E-state index contributed by atoms with van der Waals surface area (Å²) in [5.41, 5.74) is 2.36. The zero-order chi connectivity index (χ0) is 14.8. The lowest BCUT2D eigenvalue weighted by Gasteiger charge is -2.36. The second-order valence-electron chi connectivity index (χ2n) is 5.15. The van der Waals surface area contributed by atoms with E-state index in [1.54, 1.807) is 12.4 Å². The zero-order valence-corrected chi connectivity index (χ0v) is 14.1. The van der Waals surface area contributed by atoms with Gasteiger partial charge in [-0.3, -0.25) is 0 Å². The molecule has 21 heavy (non-hydrogen) atoms. The highest BCUT2D eigenvalue weighted by Crippen LogP contribution is 2.38. The van der Waals surface area contributed by atoms with Crippen LogP contribution in [-0.4, -0.2) is 16.5 Å². The molecule has 0 aliphatic carbocycles. The van der Waals surface area contributed by atoms with E-state index in [0.29, 0.717) is 0 Å². The number of hydrogen-bond acceptors (Lipinski definition) is 3. The molecule has 0 spiro atoms. The van der Waals surface area contributed by atoms with E-state index in [9.17, 15) is 0 Å². The number of piperidine rings is 1. The van der Waals surface area contributed by atoms with Crippen molar-refractivity contribution in [3.8, 4) is 0 Å². The van der Waals surface area contributed by atoms with Crippen LogP contribution in [0.15, 0.2) is 35.1 Å². The number of hydrogen-bond donors (Lipinski definition) is 0. The molecule has 109 valence electrons. The lowest BCUT2D eigenvalue weighted by Crippen LogP contribution is -2.35. The summed E-state index contributed by atoms with van der Waals surface area (Å²) in [4.78, 5) is 11.1. The Morgan fingerprint density at radius 2 is 2.05 bits per heavy atom. The predicted octanol–water partition coefficient (Wildman–Crippen LogP) is 4.75. The van der Waals surface area contributed by atoms with Gasteiger partial charge in [-0.25, -0.2) is 9.97 Å². The Balaban J connectivity index is 2.01. The first-order valence-electron chi connectivity index (χ1n) is 6.98. The zero-order valence-electron chi connectivity index (χ0n) is 11.8. The monoisotopic (exact) mass is 364 g/mol. The van der Waals surface area contributed by atoms with E-state index in [2.05, 4.69) is 50.2 Å². The van der Waals surface area contributed by atoms with Crippen molar-refractivity contribution in [3.63, 3.8) is 0 Å². The number of anilines is 1. The van der Waals surface area contributed by atoms with Crippen molar-refractivity contribution >= 4 is 33.5 Å². The largest absolute Gasteiger partial charge is 0.334 e. The number of halogens is 2. The van der Waals surface area contributed by atoms with Gasteiger partial charge in [0.25, 0.3) is 0 Å². The molecule has 1 aromatic heterocycles. The molecule has 3 rings (SSSR count). The molecule has 1 aliphatic rings. The molecule has 1 fully saturated rings. The Morgan fingerprint density at radius 3 is 2.81 bits per heavy atom. The summed E-state index contributed by atoms with van der Waals surface area (Å²) in [5.74, 6) is 0.786. The van der Waals surface area contributed by atoms with Gasteiger partial charge < -0.3 is 4.90 Å². The highest BCUT2D eigenvalue weighted by Gasteiger charge is 2.27. The maximum Gasteiger partial charge on any atom is 0.225 e. The number of aromatic nitrogens is 2. The van der Waals surface area contributed by atoms with Crippen LogP contribution in [0.5, 0.6) is 0 Å².